The highest BCUT2D eigenvalue weighted by atomic mass is 32.2. The van der Waals surface area contributed by atoms with Gasteiger partial charge in [0.05, 0.1) is 18.5 Å². The van der Waals surface area contributed by atoms with E-state index in [1.54, 1.807) is 0 Å². The van der Waals surface area contributed by atoms with Crippen LogP contribution in [0.5, 0.6) is 0 Å². The lowest BCUT2D eigenvalue weighted by Gasteiger charge is -2.35. The summed E-state index contributed by atoms with van der Waals surface area (Å²) in [5.74, 6) is 0. The minimum absolute atomic E-state index is 0.162. The van der Waals surface area contributed by atoms with E-state index in [1.165, 1.54) is 4.90 Å². The highest BCUT2D eigenvalue weighted by molar-refractivity contribution is 7.90. The molecule has 1 aliphatic heterocycles. The molecule has 1 saturated carbocycles. The van der Waals surface area contributed by atoms with Crippen LogP contribution in [0.4, 0.5) is 13.2 Å². The second-order valence-electron chi connectivity index (χ2n) is 5.86. The second kappa shape index (κ2) is 7.46. The fourth-order valence-electron chi connectivity index (χ4n) is 3.03. The van der Waals surface area contributed by atoms with Crippen LogP contribution < -0.4 is 4.72 Å². The van der Waals surface area contributed by atoms with Gasteiger partial charge in [-0.25, -0.2) is 13.1 Å². The first-order valence-corrected chi connectivity index (χ1v) is 9.22. The van der Waals surface area contributed by atoms with E-state index >= 15 is 0 Å². The van der Waals surface area contributed by atoms with Crippen molar-refractivity contribution in [2.75, 3.05) is 32.8 Å². The molecule has 130 valence electrons. The van der Waals surface area contributed by atoms with E-state index in [2.05, 4.69) is 4.72 Å². The van der Waals surface area contributed by atoms with Gasteiger partial charge in [0.1, 0.15) is 6.04 Å². The summed E-state index contributed by atoms with van der Waals surface area (Å²) < 4.78 is 71.2. The summed E-state index contributed by atoms with van der Waals surface area (Å²) in [6.45, 7) is 0.177. The van der Waals surface area contributed by atoms with E-state index in [9.17, 15) is 21.6 Å². The molecule has 2 fully saturated rings. The summed E-state index contributed by atoms with van der Waals surface area (Å²) in [6, 6.07) is -1.80. The second-order valence-corrected chi connectivity index (χ2v) is 7.90. The standard InChI is InChI=1S/C13H23F3N2O3S/c14-13(15,16)12(18-6-8-21-9-7-18)10-17-22(19,20)11-4-2-1-3-5-11/h11-12,17H,1-10H2. The van der Waals surface area contributed by atoms with E-state index in [-0.39, 0.29) is 26.3 Å². The minimum atomic E-state index is -4.47. The van der Waals surface area contributed by atoms with Crippen molar-refractivity contribution < 1.29 is 26.3 Å². The fourth-order valence-corrected chi connectivity index (χ4v) is 4.61. The molecule has 1 aliphatic carbocycles. The predicted octanol–water partition coefficient (Wildman–Crippen LogP) is 1.50. The molecular formula is C13H23F3N2O3S. The highest BCUT2D eigenvalue weighted by Gasteiger charge is 2.44. The zero-order valence-corrected chi connectivity index (χ0v) is 13.3. The number of hydrogen-bond donors (Lipinski definition) is 1. The largest absolute Gasteiger partial charge is 0.405 e. The van der Waals surface area contributed by atoms with Crippen molar-refractivity contribution in [3.63, 3.8) is 0 Å². The van der Waals surface area contributed by atoms with Gasteiger partial charge in [-0.15, -0.1) is 0 Å². The maximum Gasteiger partial charge on any atom is 0.405 e. The lowest BCUT2D eigenvalue weighted by molar-refractivity contribution is -0.189. The lowest BCUT2D eigenvalue weighted by Crippen LogP contribution is -2.56. The normalized spacial score (nSPS) is 24.3. The number of morpholine rings is 1. The number of rotatable bonds is 5. The average Bonchev–Trinajstić information content (AvgIpc) is 2.48. The lowest BCUT2D eigenvalue weighted by atomic mass is 10.0. The Morgan fingerprint density at radius 1 is 1.14 bits per heavy atom. The Bertz CT molecular complexity index is 444. The molecule has 2 aliphatic rings. The number of alkyl halides is 3. The number of halogens is 3. The fraction of sp³-hybridized carbons (Fsp3) is 1.00. The van der Waals surface area contributed by atoms with E-state index in [0.29, 0.717) is 12.8 Å². The van der Waals surface area contributed by atoms with Gasteiger partial charge in [0.15, 0.2) is 0 Å². The Hall–Kier alpha value is -0.380. The summed E-state index contributed by atoms with van der Waals surface area (Å²) >= 11 is 0. The number of nitrogens with one attached hydrogen (secondary N) is 1. The molecule has 22 heavy (non-hydrogen) atoms. The van der Waals surface area contributed by atoms with Gasteiger partial charge in [0.25, 0.3) is 0 Å². The quantitative estimate of drug-likeness (QED) is 0.821. The van der Waals surface area contributed by atoms with Crippen LogP contribution in [0.25, 0.3) is 0 Å². The molecule has 1 unspecified atom stereocenters. The highest BCUT2D eigenvalue weighted by Crippen LogP contribution is 2.27. The molecule has 1 saturated heterocycles. The molecule has 0 radical (unpaired) electrons. The molecule has 1 heterocycles. The van der Waals surface area contributed by atoms with Crippen LogP contribution in [-0.2, 0) is 14.8 Å². The molecule has 0 aromatic rings. The monoisotopic (exact) mass is 344 g/mol. The molecule has 0 aromatic carbocycles. The number of hydrogen-bond acceptors (Lipinski definition) is 4. The van der Waals surface area contributed by atoms with Crippen molar-refractivity contribution in [2.45, 2.75) is 49.6 Å². The Labute approximate surface area is 129 Å². The van der Waals surface area contributed by atoms with Crippen LogP contribution in [0.1, 0.15) is 32.1 Å². The van der Waals surface area contributed by atoms with Gasteiger partial charge in [0.2, 0.25) is 10.0 Å². The summed E-state index contributed by atoms with van der Waals surface area (Å²) in [5, 5.41) is -0.556. The van der Waals surface area contributed by atoms with Crippen LogP contribution in [0.2, 0.25) is 0 Å². The predicted molar refractivity (Wildman–Crippen MR) is 76.0 cm³/mol. The smallest absolute Gasteiger partial charge is 0.379 e. The number of sulfonamides is 1. The van der Waals surface area contributed by atoms with Crippen molar-refractivity contribution >= 4 is 10.0 Å². The molecule has 2 rings (SSSR count). The number of ether oxygens (including phenoxy) is 1. The first-order chi connectivity index (χ1) is 10.3. The molecule has 0 spiro atoms. The molecular weight excluding hydrogens is 321 g/mol. The third-order valence-corrected chi connectivity index (χ3v) is 6.25. The van der Waals surface area contributed by atoms with Crippen LogP contribution in [0, 0.1) is 0 Å². The topological polar surface area (TPSA) is 58.6 Å². The van der Waals surface area contributed by atoms with Gasteiger partial charge in [-0.2, -0.15) is 13.2 Å². The van der Waals surface area contributed by atoms with E-state index in [1.807, 2.05) is 0 Å². The number of nitrogens with zero attached hydrogens (tertiary/aromatic N) is 1. The first-order valence-electron chi connectivity index (χ1n) is 7.68. The van der Waals surface area contributed by atoms with Crippen molar-refractivity contribution in [1.82, 2.24) is 9.62 Å². The summed E-state index contributed by atoms with van der Waals surface area (Å²) in [6.07, 6.45) is -0.778. The van der Waals surface area contributed by atoms with Crippen LogP contribution in [0.3, 0.4) is 0 Å². The average molecular weight is 344 g/mol. The van der Waals surface area contributed by atoms with Gasteiger partial charge >= 0.3 is 6.18 Å². The molecule has 0 amide bonds. The summed E-state index contributed by atoms with van der Waals surface area (Å²) in [7, 11) is -3.69. The molecule has 9 heteroatoms. The van der Waals surface area contributed by atoms with Gasteiger partial charge in [-0.1, -0.05) is 19.3 Å². The Balaban J connectivity index is 1.98. The molecule has 1 atom stereocenters. The molecule has 5 nitrogen and oxygen atoms in total. The first kappa shape index (κ1) is 18.0. The van der Waals surface area contributed by atoms with E-state index in [4.69, 9.17) is 4.74 Å². The van der Waals surface area contributed by atoms with E-state index in [0.717, 1.165) is 19.3 Å². The van der Waals surface area contributed by atoms with Crippen molar-refractivity contribution in [3.8, 4) is 0 Å². The SMILES string of the molecule is O=S(=O)(NCC(N1CCOCC1)C(F)(F)F)C1CCCCC1. The van der Waals surface area contributed by atoms with Gasteiger partial charge in [0, 0.05) is 19.6 Å². The van der Waals surface area contributed by atoms with Crippen molar-refractivity contribution in [3.05, 3.63) is 0 Å². The maximum absolute atomic E-state index is 13.2. The van der Waals surface area contributed by atoms with Gasteiger partial charge < -0.3 is 4.74 Å². The zero-order valence-electron chi connectivity index (χ0n) is 12.4. The van der Waals surface area contributed by atoms with Crippen LogP contribution in [-0.4, -0.2) is 63.6 Å². The molecule has 1 N–H and O–H groups in total. The Morgan fingerprint density at radius 3 is 2.27 bits per heavy atom. The third-order valence-electron chi connectivity index (χ3n) is 4.33. The Morgan fingerprint density at radius 2 is 1.73 bits per heavy atom. The van der Waals surface area contributed by atoms with E-state index < -0.39 is 34.0 Å². The molecule has 0 bridgehead atoms. The minimum Gasteiger partial charge on any atom is -0.379 e. The summed E-state index contributed by atoms with van der Waals surface area (Å²) in [5.41, 5.74) is 0. The van der Waals surface area contributed by atoms with Gasteiger partial charge in [-0.05, 0) is 12.8 Å². The summed E-state index contributed by atoms with van der Waals surface area (Å²) in [4.78, 5) is 1.24. The Kier molecular flexibility index (Phi) is 6.09. The zero-order chi connectivity index (χ0) is 16.2. The van der Waals surface area contributed by atoms with Crippen LogP contribution >= 0.6 is 0 Å². The van der Waals surface area contributed by atoms with Crippen LogP contribution in [0.15, 0.2) is 0 Å². The van der Waals surface area contributed by atoms with Crippen molar-refractivity contribution in [2.24, 2.45) is 0 Å². The maximum atomic E-state index is 13.2. The van der Waals surface area contributed by atoms with Crippen molar-refractivity contribution in [1.29, 1.82) is 0 Å². The molecule has 0 aromatic heterocycles. The third kappa shape index (κ3) is 4.81. The van der Waals surface area contributed by atoms with Gasteiger partial charge in [-0.3, -0.25) is 4.90 Å².